The summed E-state index contributed by atoms with van der Waals surface area (Å²) in [5.41, 5.74) is -1.42. The van der Waals surface area contributed by atoms with Crippen molar-refractivity contribution in [2.75, 3.05) is 0 Å². The highest BCUT2D eigenvalue weighted by Crippen LogP contribution is 2.37. The van der Waals surface area contributed by atoms with E-state index in [1.165, 1.54) is 0 Å². The molecule has 0 saturated carbocycles. The van der Waals surface area contributed by atoms with Crippen LogP contribution in [0.15, 0.2) is 21.7 Å². The van der Waals surface area contributed by atoms with Crippen molar-refractivity contribution < 1.29 is 26.3 Å². The average Bonchev–Trinajstić information content (AvgIpc) is 2.17. The zero-order valence-corrected chi connectivity index (χ0v) is 10.4. The van der Waals surface area contributed by atoms with Crippen LogP contribution in [-0.2, 0) is 6.18 Å². The molecule has 0 radical (unpaired) electrons. The molecule has 1 rings (SSSR count). The second-order valence-electron chi connectivity index (χ2n) is 2.92. The normalized spacial score (nSPS) is 13.9. The largest absolute Gasteiger partial charge is 0.444 e. The summed E-state index contributed by atoms with van der Waals surface area (Å²) in [7, 11) is 0. The maximum absolute atomic E-state index is 12.5. The third kappa shape index (κ3) is 3.84. The topological polar surface area (TPSA) is 25.2 Å². The Balaban J connectivity index is 3.35. The Morgan fingerprint density at radius 3 is 2.22 bits per heavy atom. The van der Waals surface area contributed by atoms with Crippen molar-refractivity contribution in [1.82, 2.24) is 4.98 Å². The summed E-state index contributed by atoms with van der Waals surface area (Å²) in [6, 6.07) is 0.562. The van der Waals surface area contributed by atoms with Crippen LogP contribution >= 0.6 is 27.5 Å². The molecule has 0 aliphatic carbocycles. The molecule has 0 aromatic carbocycles. The lowest BCUT2D eigenvalue weighted by Gasteiger charge is -2.10. The lowest BCUT2D eigenvalue weighted by Crippen LogP contribution is -2.17. The summed E-state index contributed by atoms with van der Waals surface area (Å²) in [4.78, 5) is 5.80. The van der Waals surface area contributed by atoms with E-state index in [2.05, 4.69) is 25.9 Å². The van der Waals surface area contributed by atoms with Crippen LogP contribution in [0.4, 0.5) is 32.2 Å². The van der Waals surface area contributed by atoms with E-state index >= 15 is 0 Å². The average molecular weight is 355 g/mol. The van der Waals surface area contributed by atoms with Gasteiger partial charge in [-0.3, -0.25) is 0 Å². The van der Waals surface area contributed by atoms with Gasteiger partial charge in [0.15, 0.2) is 5.82 Å². The van der Waals surface area contributed by atoms with E-state index in [4.69, 9.17) is 11.6 Å². The molecule has 0 fully saturated rings. The lowest BCUT2D eigenvalue weighted by molar-refractivity contribution is -0.137. The SMILES string of the molecule is FC(F)(F)C(Cl)=Nc1ncc(Br)cc1C(F)(F)F. The Labute approximate surface area is 110 Å². The van der Waals surface area contributed by atoms with Gasteiger partial charge in [-0.25, -0.2) is 9.98 Å². The summed E-state index contributed by atoms with van der Waals surface area (Å²) in [5, 5.41) is -1.93. The zero-order valence-electron chi connectivity index (χ0n) is 8.07. The van der Waals surface area contributed by atoms with E-state index in [1.54, 1.807) is 0 Å². The number of aliphatic imine (C=N–C) groups is 1. The number of aromatic nitrogens is 1. The molecule has 2 nitrogen and oxygen atoms in total. The number of rotatable bonds is 1. The van der Waals surface area contributed by atoms with Gasteiger partial charge in [-0.15, -0.1) is 0 Å². The van der Waals surface area contributed by atoms with E-state index in [0.29, 0.717) is 6.07 Å². The van der Waals surface area contributed by atoms with Crippen LogP contribution in [0, 0.1) is 0 Å². The predicted molar refractivity (Wildman–Crippen MR) is 55.9 cm³/mol. The second kappa shape index (κ2) is 5.04. The minimum Gasteiger partial charge on any atom is -0.235 e. The molecule has 0 saturated heterocycles. The Morgan fingerprint density at radius 1 is 1.22 bits per heavy atom. The molecule has 0 unspecified atom stereocenters. The van der Waals surface area contributed by atoms with Crippen molar-refractivity contribution in [2.45, 2.75) is 12.4 Å². The van der Waals surface area contributed by atoms with Gasteiger partial charge in [0.1, 0.15) is 5.56 Å². The van der Waals surface area contributed by atoms with Crippen LogP contribution in [-0.4, -0.2) is 16.3 Å². The van der Waals surface area contributed by atoms with Crippen molar-refractivity contribution in [3.63, 3.8) is 0 Å². The van der Waals surface area contributed by atoms with Crippen molar-refractivity contribution in [3.05, 3.63) is 22.3 Å². The molecule has 0 amide bonds. The predicted octanol–water partition coefficient (Wildman–Crippen LogP) is 4.69. The summed E-state index contributed by atoms with van der Waals surface area (Å²) < 4.78 is 73.7. The number of nitrogens with zero attached hydrogens (tertiary/aromatic N) is 2. The van der Waals surface area contributed by atoms with Gasteiger partial charge >= 0.3 is 12.4 Å². The monoisotopic (exact) mass is 354 g/mol. The number of pyridine rings is 1. The summed E-state index contributed by atoms with van der Waals surface area (Å²) in [6.45, 7) is 0. The summed E-state index contributed by atoms with van der Waals surface area (Å²) >= 11 is 7.49. The van der Waals surface area contributed by atoms with Gasteiger partial charge in [-0.1, -0.05) is 11.6 Å². The summed E-state index contributed by atoms with van der Waals surface area (Å²) in [6.07, 6.45) is -9.04. The molecule has 0 aliphatic heterocycles. The third-order valence-corrected chi connectivity index (χ3v) is 2.31. The fourth-order valence-electron chi connectivity index (χ4n) is 0.886. The number of alkyl halides is 6. The third-order valence-electron chi connectivity index (χ3n) is 1.58. The van der Waals surface area contributed by atoms with Gasteiger partial charge in [0.25, 0.3) is 0 Å². The standard InChI is InChI=1S/C8H2BrClF6N2/c9-3-1-4(7(11,12)13)5(17-2-3)18-6(10)8(14,15)16/h1-2H. The highest BCUT2D eigenvalue weighted by Gasteiger charge is 2.38. The molecule has 1 heterocycles. The van der Waals surface area contributed by atoms with Crippen LogP contribution in [0.1, 0.15) is 5.56 Å². The van der Waals surface area contributed by atoms with E-state index in [1.807, 2.05) is 0 Å². The van der Waals surface area contributed by atoms with Crippen molar-refractivity contribution in [3.8, 4) is 0 Å². The Hall–Kier alpha value is -0.830. The minimum atomic E-state index is -5.03. The first-order chi connectivity index (χ1) is 8.01. The molecule has 0 bridgehead atoms. The molecule has 10 heteroatoms. The molecule has 0 N–H and O–H groups in total. The van der Waals surface area contributed by atoms with Crippen LogP contribution in [0.5, 0.6) is 0 Å². The molecule has 18 heavy (non-hydrogen) atoms. The first kappa shape index (κ1) is 15.2. The number of hydrogen-bond donors (Lipinski definition) is 0. The van der Waals surface area contributed by atoms with E-state index in [-0.39, 0.29) is 4.47 Å². The van der Waals surface area contributed by atoms with E-state index in [9.17, 15) is 26.3 Å². The van der Waals surface area contributed by atoms with Crippen LogP contribution in [0.25, 0.3) is 0 Å². The van der Waals surface area contributed by atoms with Crippen molar-refractivity contribution >= 4 is 38.5 Å². The molecular formula is C8H2BrClF6N2. The summed E-state index contributed by atoms with van der Waals surface area (Å²) in [5.74, 6) is -1.15. The van der Waals surface area contributed by atoms with Gasteiger partial charge in [0, 0.05) is 10.7 Å². The van der Waals surface area contributed by atoms with Gasteiger partial charge in [-0.05, 0) is 22.0 Å². The molecule has 1 aromatic heterocycles. The maximum Gasteiger partial charge on any atom is 0.444 e. The molecule has 0 aliphatic rings. The maximum atomic E-state index is 12.5. The Kier molecular flexibility index (Phi) is 4.26. The minimum absolute atomic E-state index is 0.0445. The zero-order chi connectivity index (χ0) is 14.1. The quantitative estimate of drug-likeness (QED) is 0.530. The molecular weight excluding hydrogens is 353 g/mol. The van der Waals surface area contributed by atoms with E-state index in [0.717, 1.165) is 6.20 Å². The smallest absolute Gasteiger partial charge is 0.235 e. The molecule has 0 atom stereocenters. The van der Waals surface area contributed by atoms with Crippen molar-refractivity contribution in [2.24, 2.45) is 4.99 Å². The number of halogens is 8. The highest BCUT2D eigenvalue weighted by molar-refractivity contribution is 9.10. The highest BCUT2D eigenvalue weighted by atomic mass is 79.9. The van der Waals surface area contributed by atoms with E-state index < -0.39 is 28.9 Å². The van der Waals surface area contributed by atoms with Gasteiger partial charge < -0.3 is 0 Å². The van der Waals surface area contributed by atoms with Gasteiger partial charge in [-0.2, -0.15) is 26.3 Å². The fourth-order valence-corrected chi connectivity index (χ4v) is 1.30. The lowest BCUT2D eigenvalue weighted by atomic mass is 10.2. The van der Waals surface area contributed by atoms with Crippen LogP contribution in [0.3, 0.4) is 0 Å². The Morgan fingerprint density at radius 2 is 1.78 bits per heavy atom. The van der Waals surface area contributed by atoms with Crippen LogP contribution < -0.4 is 0 Å². The molecule has 1 aromatic rings. The first-order valence-electron chi connectivity index (χ1n) is 4.06. The molecule has 0 spiro atoms. The first-order valence-corrected chi connectivity index (χ1v) is 5.23. The van der Waals surface area contributed by atoms with Crippen LogP contribution in [0.2, 0.25) is 0 Å². The second-order valence-corrected chi connectivity index (χ2v) is 4.20. The molecule has 100 valence electrons. The van der Waals surface area contributed by atoms with Gasteiger partial charge in [0.2, 0.25) is 5.17 Å². The fraction of sp³-hybridized carbons (Fsp3) is 0.250. The number of hydrogen-bond acceptors (Lipinski definition) is 2. The Bertz CT molecular complexity index is 481. The van der Waals surface area contributed by atoms with Gasteiger partial charge in [0.05, 0.1) is 0 Å². The van der Waals surface area contributed by atoms with Crippen molar-refractivity contribution in [1.29, 1.82) is 0 Å².